The Morgan fingerprint density at radius 2 is 2.00 bits per heavy atom. The van der Waals surface area contributed by atoms with Crippen molar-refractivity contribution in [3.63, 3.8) is 0 Å². The molecule has 0 radical (unpaired) electrons. The second-order valence-electron chi connectivity index (χ2n) is 6.27. The summed E-state index contributed by atoms with van der Waals surface area (Å²) in [4.78, 5) is 12.0. The Morgan fingerprint density at radius 1 is 1.22 bits per heavy atom. The van der Waals surface area contributed by atoms with Crippen LogP contribution in [0.1, 0.15) is 27.6 Å². The van der Waals surface area contributed by atoms with Gasteiger partial charge in [0, 0.05) is 22.4 Å². The third-order valence-electron chi connectivity index (χ3n) is 4.44. The number of aromatic nitrogens is 2. The van der Waals surface area contributed by atoms with Crippen molar-refractivity contribution in [2.75, 3.05) is 11.1 Å². The van der Waals surface area contributed by atoms with Crippen LogP contribution in [0, 0.1) is 12.7 Å². The van der Waals surface area contributed by atoms with Gasteiger partial charge < -0.3 is 10.1 Å². The first-order valence-electron chi connectivity index (χ1n) is 8.55. The van der Waals surface area contributed by atoms with Crippen LogP contribution >= 0.6 is 11.8 Å². The van der Waals surface area contributed by atoms with E-state index in [1.54, 1.807) is 18.2 Å². The van der Waals surface area contributed by atoms with E-state index in [1.807, 2.05) is 31.2 Å². The summed E-state index contributed by atoms with van der Waals surface area (Å²) in [5, 5.41) is 9.88. The number of carbonyl (C=O) groups excluding carboxylic acids is 1. The normalized spacial score (nSPS) is 16.4. The van der Waals surface area contributed by atoms with E-state index >= 15 is 0 Å². The van der Waals surface area contributed by atoms with Crippen molar-refractivity contribution in [1.82, 2.24) is 10.2 Å². The van der Waals surface area contributed by atoms with E-state index in [2.05, 4.69) is 15.5 Å². The van der Waals surface area contributed by atoms with Gasteiger partial charge in [0.2, 0.25) is 5.91 Å². The van der Waals surface area contributed by atoms with Gasteiger partial charge in [0.15, 0.2) is 5.82 Å². The fourth-order valence-corrected chi connectivity index (χ4v) is 4.33. The molecule has 0 saturated heterocycles. The molecule has 0 saturated carbocycles. The average molecular weight is 383 g/mol. The van der Waals surface area contributed by atoms with Crippen molar-refractivity contribution in [2.45, 2.75) is 18.8 Å². The highest BCUT2D eigenvalue weighted by Gasteiger charge is 2.30. The number of ether oxygens (including phenoxy) is 1. The van der Waals surface area contributed by atoms with E-state index in [1.165, 1.54) is 17.8 Å². The van der Waals surface area contributed by atoms with Crippen molar-refractivity contribution >= 4 is 23.5 Å². The fourth-order valence-electron chi connectivity index (χ4n) is 3.11. The lowest BCUT2D eigenvalue weighted by molar-refractivity contribution is -0.113. The molecule has 1 atom stereocenters. The zero-order valence-electron chi connectivity index (χ0n) is 14.7. The summed E-state index contributed by atoms with van der Waals surface area (Å²) in [5.41, 5.74) is 3.26. The van der Waals surface area contributed by atoms with Crippen LogP contribution in [0.5, 0.6) is 5.75 Å². The molecule has 1 amide bonds. The minimum atomic E-state index is -0.290. The van der Waals surface area contributed by atoms with Gasteiger partial charge in [-0.25, -0.2) is 4.39 Å². The molecule has 5 nitrogen and oxygen atoms in total. The Labute approximate surface area is 160 Å². The van der Waals surface area contributed by atoms with Crippen LogP contribution in [-0.2, 0) is 11.4 Å². The van der Waals surface area contributed by atoms with Crippen LogP contribution < -0.4 is 10.1 Å². The minimum Gasteiger partial charge on any atom is -0.488 e. The van der Waals surface area contributed by atoms with E-state index in [9.17, 15) is 9.18 Å². The molecule has 0 aliphatic carbocycles. The zero-order valence-corrected chi connectivity index (χ0v) is 15.5. The molecule has 27 heavy (non-hydrogen) atoms. The van der Waals surface area contributed by atoms with Crippen LogP contribution in [0.2, 0.25) is 0 Å². The monoisotopic (exact) mass is 383 g/mol. The first-order valence-corrected chi connectivity index (χ1v) is 9.60. The van der Waals surface area contributed by atoms with E-state index in [4.69, 9.17) is 4.74 Å². The van der Waals surface area contributed by atoms with Crippen LogP contribution in [0.4, 0.5) is 10.2 Å². The molecule has 0 bridgehead atoms. The lowest BCUT2D eigenvalue weighted by Crippen LogP contribution is -2.12. The number of aryl methyl sites for hydroxylation is 1. The number of rotatable bonds is 4. The van der Waals surface area contributed by atoms with Gasteiger partial charge in [-0.05, 0) is 19.1 Å². The van der Waals surface area contributed by atoms with E-state index < -0.39 is 0 Å². The second kappa shape index (κ2) is 7.44. The third kappa shape index (κ3) is 3.55. The molecule has 7 heteroatoms. The molecule has 138 valence electrons. The highest BCUT2D eigenvalue weighted by molar-refractivity contribution is 8.00. The highest BCUT2D eigenvalue weighted by atomic mass is 32.2. The highest BCUT2D eigenvalue weighted by Crippen LogP contribution is 2.45. The SMILES string of the molecule is Cc1[nH]nc2c1C(c1ccccc1OCc1ccccc1F)SCC(=O)N2. The molecular weight excluding hydrogens is 365 g/mol. The molecule has 1 aliphatic heterocycles. The van der Waals surface area contributed by atoms with Gasteiger partial charge in [0.05, 0.1) is 11.0 Å². The zero-order chi connectivity index (χ0) is 18.8. The molecule has 4 rings (SSSR count). The molecule has 1 aliphatic rings. The number of aromatic amines is 1. The number of anilines is 1. The van der Waals surface area contributed by atoms with Gasteiger partial charge in [-0.2, -0.15) is 5.10 Å². The summed E-state index contributed by atoms with van der Waals surface area (Å²) in [6, 6.07) is 14.2. The largest absolute Gasteiger partial charge is 0.488 e. The van der Waals surface area contributed by atoms with E-state index in [0.29, 0.717) is 22.9 Å². The van der Waals surface area contributed by atoms with Crippen molar-refractivity contribution < 1.29 is 13.9 Å². The number of thioether (sulfide) groups is 1. The topological polar surface area (TPSA) is 67.0 Å². The molecule has 1 unspecified atom stereocenters. The maximum absolute atomic E-state index is 13.9. The van der Waals surface area contributed by atoms with Crippen LogP contribution in [-0.4, -0.2) is 21.9 Å². The van der Waals surface area contributed by atoms with Gasteiger partial charge in [-0.1, -0.05) is 36.4 Å². The molecular formula is C20H18FN3O2S. The van der Waals surface area contributed by atoms with Crippen molar-refractivity contribution in [3.05, 3.63) is 76.7 Å². The van der Waals surface area contributed by atoms with E-state index in [0.717, 1.165) is 16.8 Å². The van der Waals surface area contributed by atoms with Crippen molar-refractivity contribution in [3.8, 4) is 5.75 Å². The number of halogens is 1. The molecule has 2 heterocycles. The number of hydrogen-bond donors (Lipinski definition) is 2. The van der Waals surface area contributed by atoms with Crippen LogP contribution in [0.25, 0.3) is 0 Å². The molecule has 2 N–H and O–H groups in total. The number of carbonyl (C=O) groups is 1. The van der Waals surface area contributed by atoms with Crippen LogP contribution in [0.15, 0.2) is 48.5 Å². The summed E-state index contributed by atoms with van der Waals surface area (Å²) in [6.07, 6.45) is 0. The standard InChI is InChI=1S/C20H18FN3O2S/c1-12-18-19(27-11-17(25)22-20(18)24-23-12)14-7-3-5-9-16(14)26-10-13-6-2-4-8-15(13)21/h2-9,19H,10-11H2,1H3,(H2,22,23,24,25). The first kappa shape index (κ1) is 17.6. The lowest BCUT2D eigenvalue weighted by atomic mass is 10.0. The number of hydrogen-bond acceptors (Lipinski definition) is 4. The summed E-state index contributed by atoms with van der Waals surface area (Å²) in [5.74, 6) is 1.17. The molecule has 2 aromatic carbocycles. The van der Waals surface area contributed by atoms with Crippen molar-refractivity contribution in [2.24, 2.45) is 0 Å². The quantitative estimate of drug-likeness (QED) is 0.708. The predicted molar refractivity (Wildman–Crippen MR) is 103 cm³/mol. The Bertz CT molecular complexity index is 989. The summed E-state index contributed by atoms with van der Waals surface area (Å²) >= 11 is 1.52. The van der Waals surface area contributed by atoms with E-state index in [-0.39, 0.29) is 23.6 Å². The molecule has 0 fully saturated rings. The summed E-state index contributed by atoms with van der Waals surface area (Å²) in [6.45, 7) is 2.06. The Morgan fingerprint density at radius 3 is 2.85 bits per heavy atom. The van der Waals surface area contributed by atoms with Gasteiger partial charge in [0.1, 0.15) is 18.2 Å². The molecule has 1 aromatic heterocycles. The lowest BCUT2D eigenvalue weighted by Gasteiger charge is -2.19. The second-order valence-corrected chi connectivity index (χ2v) is 7.36. The first-order chi connectivity index (χ1) is 13.1. The minimum absolute atomic E-state index is 0.0833. The van der Waals surface area contributed by atoms with Gasteiger partial charge in [-0.3, -0.25) is 9.89 Å². The number of H-pyrrole nitrogens is 1. The smallest absolute Gasteiger partial charge is 0.235 e. The maximum atomic E-state index is 13.9. The number of fused-ring (bicyclic) bond motifs is 1. The molecule has 0 spiro atoms. The van der Waals surface area contributed by atoms with Gasteiger partial charge in [0.25, 0.3) is 0 Å². The Balaban J connectivity index is 1.68. The fraction of sp³-hybridized carbons (Fsp3) is 0.200. The number of amides is 1. The number of nitrogens with zero attached hydrogens (tertiary/aromatic N) is 1. The van der Waals surface area contributed by atoms with Crippen LogP contribution in [0.3, 0.4) is 0 Å². The predicted octanol–water partition coefficient (Wildman–Crippen LogP) is 4.21. The summed E-state index contributed by atoms with van der Waals surface area (Å²) in [7, 11) is 0. The van der Waals surface area contributed by atoms with Gasteiger partial charge in [-0.15, -0.1) is 11.8 Å². The number of para-hydroxylation sites is 1. The van der Waals surface area contributed by atoms with Crippen molar-refractivity contribution in [1.29, 1.82) is 0 Å². The molecule has 3 aromatic rings. The number of benzene rings is 2. The summed E-state index contributed by atoms with van der Waals surface area (Å²) < 4.78 is 19.9. The number of nitrogens with one attached hydrogen (secondary N) is 2. The average Bonchev–Trinajstić information content (AvgIpc) is 2.93. The third-order valence-corrected chi connectivity index (χ3v) is 5.69. The Hall–Kier alpha value is -2.80. The maximum Gasteiger partial charge on any atom is 0.235 e. The Kier molecular flexibility index (Phi) is 4.85. The van der Waals surface area contributed by atoms with Gasteiger partial charge >= 0.3 is 0 Å².